The first-order valence-corrected chi connectivity index (χ1v) is 5.47. The molecule has 0 spiro atoms. The maximum absolute atomic E-state index is 11.6. The van der Waals surface area contributed by atoms with Crippen molar-refractivity contribution in [3.63, 3.8) is 0 Å². The van der Waals surface area contributed by atoms with Crippen LogP contribution in [-0.4, -0.2) is 15.3 Å². The van der Waals surface area contributed by atoms with Crippen LogP contribution < -0.4 is 11.0 Å². The first-order valence-electron chi connectivity index (χ1n) is 4.27. The second kappa shape index (κ2) is 4.46. The van der Waals surface area contributed by atoms with Crippen LogP contribution in [-0.2, 0) is 0 Å². The zero-order chi connectivity index (χ0) is 11.5. The normalized spacial score (nSPS) is 10.1. The van der Waals surface area contributed by atoms with E-state index in [0.717, 1.165) is 11.5 Å². The van der Waals surface area contributed by atoms with Crippen LogP contribution in [0, 0.1) is 0 Å². The van der Waals surface area contributed by atoms with Crippen molar-refractivity contribution in [3.8, 4) is 0 Å². The minimum Gasteiger partial charge on any atom is -0.297 e. The van der Waals surface area contributed by atoms with Crippen molar-refractivity contribution >= 4 is 34.2 Å². The van der Waals surface area contributed by atoms with Crippen LogP contribution >= 0.6 is 23.1 Å². The molecule has 2 aromatic rings. The van der Waals surface area contributed by atoms with Crippen LogP contribution in [0.15, 0.2) is 29.1 Å². The number of hydrogen-bond donors (Lipinski definition) is 2. The Bertz CT molecular complexity index is 561. The predicted molar refractivity (Wildman–Crippen MR) is 62.1 cm³/mol. The maximum atomic E-state index is 11.6. The Morgan fingerprint density at radius 2 is 2.06 bits per heavy atom. The minimum atomic E-state index is -0.476. The van der Waals surface area contributed by atoms with Gasteiger partial charge in [-0.2, -0.15) is 4.98 Å². The molecule has 82 valence electrons. The summed E-state index contributed by atoms with van der Waals surface area (Å²) in [7, 11) is 0. The number of carbonyl (C=O) groups excluding carboxylic acids is 1. The lowest BCUT2D eigenvalue weighted by atomic mass is 10.2. The zero-order valence-corrected chi connectivity index (χ0v) is 9.43. The molecule has 0 atom stereocenters. The highest BCUT2D eigenvalue weighted by Gasteiger charge is 2.08. The standard InChI is InChI=1S/C9H6ClN3O2S/c10-6-3-1-5(2-4-6)7(14)11-9-12-8(15)13-16-9/h1-4H,(H2,11,12,13,14,15). The van der Waals surface area contributed by atoms with Gasteiger partial charge in [0.1, 0.15) is 0 Å². The average molecular weight is 256 g/mol. The fraction of sp³-hybridized carbons (Fsp3) is 0. The highest BCUT2D eigenvalue weighted by atomic mass is 35.5. The van der Waals surface area contributed by atoms with Crippen LogP contribution in [0.2, 0.25) is 5.02 Å². The molecule has 2 rings (SSSR count). The van der Waals surface area contributed by atoms with Gasteiger partial charge in [0.05, 0.1) is 0 Å². The van der Waals surface area contributed by atoms with Crippen molar-refractivity contribution in [3.05, 3.63) is 45.3 Å². The van der Waals surface area contributed by atoms with E-state index in [1.165, 1.54) is 0 Å². The molecule has 0 fully saturated rings. The molecule has 0 radical (unpaired) electrons. The van der Waals surface area contributed by atoms with Crippen LogP contribution in [0.25, 0.3) is 0 Å². The largest absolute Gasteiger partial charge is 0.357 e. The molecule has 0 aliphatic rings. The minimum absolute atomic E-state index is 0.241. The molecular weight excluding hydrogens is 250 g/mol. The van der Waals surface area contributed by atoms with Gasteiger partial charge in [-0.15, -0.1) is 0 Å². The molecule has 0 saturated heterocycles. The van der Waals surface area contributed by atoms with Gasteiger partial charge in [0.25, 0.3) is 5.91 Å². The van der Waals surface area contributed by atoms with Crippen molar-refractivity contribution in [1.82, 2.24) is 9.36 Å². The van der Waals surface area contributed by atoms with Crippen LogP contribution in [0.1, 0.15) is 10.4 Å². The number of aromatic nitrogens is 2. The fourth-order valence-electron chi connectivity index (χ4n) is 1.05. The van der Waals surface area contributed by atoms with E-state index in [-0.39, 0.29) is 11.0 Å². The van der Waals surface area contributed by atoms with Gasteiger partial charge in [0.2, 0.25) is 5.13 Å². The third-order valence-corrected chi connectivity index (χ3v) is 2.68. The van der Waals surface area contributed by atoms with Crippen LogP contribution in [0.3, 0.4) is 0 Å². The van der Waals surface area contributed by atoms with E-state index >= 15 is 0 Å². The lowest BCUT2D eigenvalue weighted by Crippen LogP contribution is -2.12. The number of nitrogens with zero attached hydrogens (tertiary/aromatic N) is 1. The molecule has 5 nitrogen and oxygen atoms in total. The average Bonchev–Trinajstić information content (AvgIpc) is 2.65. The van der Waals surface area contributed by atoms with Crippen molar-refractivity contribution in [2.24, 2.45) is 0 Å². The van der Waals surface area contributed by atoms with Crippen molar-refractivity contribution in [2.75, 3.05) is 5.32 Å². The summed E-state index contributed by atoms with van der Waals surface area (Å²) in [4.78, 5) is 25.9. The Kier molecular flexibility index (Phi) is 3.02. The topological polar surface area (TPSA) is 74.8 Å². The number of halogens is 1. The Morgan fingerprint density at radius 3 is 2.62 bits per heavy atom. The smallest absolute Gasteiger partial charge is 0.297 e. The Balaban J connectivity index is 2.14. The van der Waals surface area contributed by atoms with Gasteiger partial charge >= 0.3 is 5.69 Å². The molecule has 1 aromatic heterocycles. The quantitative estimate of drug-likeness (QED) is 0.858. The van der Waals surface area contributed by atoms with E-state index in [9.17, 15) is 9.59 Å². The summed E-state index contributed by atoms with van der Waals surface area (Å²) in [5, 5.41) is 3.29. The second-order valence-electron chi connectivity index (χ2n) is 2.89. The van der Waals surface area contributed by atoms with E-state index in [1.807, 2.05) is 0 Å². The molecule has 0 aliphatic heterocycles. The van der Waals surface area contributed by atoms with E-state index in [4.69, 9.17) is 11.6 Å². The summed E-state index contributed by atoms with van der Waals surface area (Å²) in [6, 6.07) is 6.41. The number of H-pyrrole nitrogens is 1. The number of benzene rings is 1. The van der Waals surface area contributed by atoms with Gasteiger partial charge in [0, 0.05) is 10.6 Å². The number of hydrogen-bond acceptors (Lipinski definition) is 4. The molecule has 0 saturated carbocycles. The number of aromatic amines is 1. The third kappa shape index (κ3) is 2.47. The summed E-state index contributed by atoms with van der Waals surface area (Å²) < 4.78 is 2.37. The summed E-state index contributed by atoms with van der Waals surface area (Å²) >= 11 is 6.66. The van der Waals surface area contributed by atoms with Gasteiger partial charge in [0.15, 0.2) is 0 Å². The van der Waals surface area contributed by atoms with E-state index in [0.29, 0.717) is 10.6 Å². The SMILES string of the molecule is O=C(Nc1nc(=O)[nH]s1)c1ccc(Cl)cc1. The van der Waals surface area contributed by atoms with Gasteiger partial charge in [-0.3, -0.25) is 14.5 Å². The lowest BCUT2D eigenvalue weighted by molar-refractivity contribution is 0.102. The molecule has 0 aliphatic carbocycles. The lowest BCUT2D eigenvalue weighted by Gasteiger charge is -2.00. The Labute approximate surface area is 99.3 Å². The first-order chi connectivity index (χ1) is 7.65. The van der Waals surface area contributed by atoms with Crippen molar-refractivity contribution in [2.45, 2.75) is 0 Å². The fourth-order valence-corrected chi connectivity index (χ4v) is 1.68. The van der Waals surface area contributed by atoms with Gasteiger partial charge in [-0.1, -0.05) is 11.6 Å². The van der Waals surface area contributed by atoms with Crippen LogP contribution in [0.5, 0.6) is 0 Å². The number of nitrogens with one attached hydrogen (secondary N) is 2. The molecule has 0 bridgehead atoms. The van der Waals surface area contributed by atoms with E-state index in [2.05, 4.69) is 14.7 Å². The maximum Gasteiger partial charge on any atom is 0.357 e. The van der Waals surface area contributed by atoms with E-state index in [1.54, 1.807) is 24.3 Å². The summed E-state index contributed by atoms with van der Waals surface area (Å²) in [5.74, 6) is -0.334. The second-order valence-corrected chi connectivity index (χ2v) is 4.12. The third-order valence-electron chi connectivity index (χ3n) is 1.76. The zero-order valence-electron chi connectivity index (χ0n) is 7.86. The molecular formula is C9H6ClN3O2S. The van der Waals surface area contributed by atoms with Gasteiger partial charge < -0.3 is 0 Å². The summed E-state index contributed by atoms with van der Waals surface area (Å²) in [6.07, 6.45) is 0. The van der Waals surface area contributed by atoms with Gasteiger partial charge in [-0.25, -0.2) is 4.79 Å². The molecule has 1 aromatic carbocycles. The van der Waals surface area contributed by atoms with Gasteiger partial charge in [-0.05, 0) is 35.8 Å². The Hall–Kier alpha value is -1.66. The molecule has 16 heavy (non-hydrogen) atoms. The highest BCUT2D eigenvalue weighted by Crippen LogP contribution is 2.12. The number of amides is 1. The molecule has 2 N–H and O–H groups in total. The summed E-state index contributed by atoms with van der Waals surface area (Å²) in [6.45, 7) is 0. The predicted octanol–water partition coefficient (Wildman–Crippen LogP) is 1.74. The highest BCUT2D eigenvalue weighted by molar-refractivity contribution is 7.09. The molecule has 7 heteroatoms. The monoisotopic (exact) mass is 255 g/mol. The molecule has 1 heterocycles. The van der Waals surface area contributed by atoms with Crippen molar-refractivity contribution < 1.29 is 4.79 Å². The van der Waals surface area contributed by atoms with Crippen LogP contribution in [0.4, 0.5) is 5.13 Å². The van der Waals surface area contributed by atoms with E-state index < -0.39 is 5.69 Å². The van der Waals surface area contributed by atoms with Crippen molar-refractivity contribution in [1.29, 1.82) is 0 Å². The Morgan fingerprint density at radius 1 is 1.38 bits per heavy atom. The number of anilines is 1. The number of rotatable bonds is 2. The molecule has 1 amide bonds. The first kappa shape index (κ1) is 10.8. The molecule has 0 unspecified atom stereocenters. The number of carbonyl (C=O) groups is 1. The summed E-state index contributed by atoms with van der Waals surface area (Å²) in [5.41, 5.74) is -0.0246.